The number of anilines is 1. The highest BCUT2D eigenvalue weighted by Crippen LogP contribution is 2.26. The number of aromatic carboxylic acids is 1. The van der Waals surface area contributed by atoms with E-state index in [9.17, 15) is 13.2 Å². The second-order valence-electron chi connectivity index (χ2n) is 3.39. The number of nitrogens with zero attached hydrogens (tertiary/aromatic N) is 1. The molecule has 1 aromatic rings. The van der Waals surface area contributed by atoms with Crippen molar-refractivity contribution in [2.24, 2.45) is 0 Å². The van der Waals surface area contributed by atoms with Crippen LogP contribution < -0.4 is 4.31 Å². The fourth-order valence-corrected chi connectivity index (χ4v) is 2.62. The number of hydrogen-bond donors (Lipinski definition) is 1. The SMILES string of the molecule is CCN(c1cc(Cl)ccc1C(=O)O)S(C)(=O)=O. The molecule has 0 saturated heterocycles. The average Bonchev–Trinajstić information content (AvgIpc) is 2.15. The number of carboxylic acid groups (broad SMARTS) is 1. The zero-order chi connectivity index (χ0) is 13.2. The minimum absolute atomic E-state index is 0.0787. The van der Waals surface area contributed by atoms with Crippen molar-refractivity contribution in [1.82, 2.24) is 0 Å². The molecule has 5 nitrogen and oxygen atoms in total. The Balaban J connectivity index is 3.47. The molecule has 0 spiro atoms. The van der Waals surface area contributed by atoms with Gasteiger partial charge in [0.25, 0.3) is 0 Å². The number of carbonyl (C=O) groups is 1. The summed E-state index contributed by atoms with van der Waals surface area (Å²) in [7, 11) is -3.53. The number of carboxylic acids is 1. The maximum atomic E-state index is 11.5. The maximum Gasteiger partial charge on any atom is 0.337 e. The summed E-state index contributed by atoms with van der Waals surface area (Å²) < 4.78 is 24.1. The minimum Gasteiger partial charge on any atom is -0.478 e. The Kier molecular flexibility index (Phi) is 4.00. The van der Waals surface area contributed by atoms with Crippen molar-refractivity contribution in [2.45, 2.75) is 6.92 Å². The van der Waals surface area contributed by atoms with Crippen LogP contribution in [0, 0.1) is 0 Å². The highest BCUT2D eigenvalue weighted by atomic mass is 35.5. The van der Waals surface area contributed by atoms with Crippen LogP contribution >= 0.6 is 11.6 Å². The molecule has 0 aromatic heterocycles. The van der Waals surface area contributed by atoms with Crippen molar-refractivity contribution >= 4 is 33.3 Å². The topological polar surface area (TPSA) is 74.7 Å². The maximum absolute atomic E-state index is 11.5. The number of benzene rings is 1. The Morgan fingerprint density at radius 2 is 2.06 bits per heavy atom. The Bertz CT molecular complexity index is 541. The zero-order valence-electron chi connectivity index (χ0n) is 9.34. The van der Waals surface area contributed by atoms with Gasteiger partial charge in [0.2, 0.25) is 10.0 Å². The van der Waals surface area contributed by atoms with Crippen LogP contribution in [0.4, 0.5) is 5.69 Å². The highest BCUT2D eigenvalue weighted by Gasteiger charge is 2.21. The second kappa shape index (κ2) is 4.93. The van der Waals surface area contributed by atoms with Gasteiger partial charge in [0.1, 0.15) is 0 Å². The molecule has 0 radical (unpaired) electrons. The smallest absolute Gasteiger partial charge is 0.337 e. The summed E-state index contributed by atoms with van der Waals surface area (Å²) in [5.41, 5.74) is -0.0170. The van der Waals surface area contributed by atoms with Gasteiger partial charge in [-0.3, -0.25) is 4.31 Å². The zero-order valence-corrected chi connectivity index (χ0v) is 10.9. The number of halogens is 1. The number of rotatable bonds is 4. The van der Waals surface area contributed by atoms with Crippen molar-refractivity contribution in [3.63, 3.8) is 0 Å². The van der Waals surface area contributed by atoms with E-state index in [2.05, 4.69) is 0 Å². The molecule has 0 amide bonds. The quantitative estimate of drug-likeness (QED) is 0.911. The third-order valence-corrected chi connectivity index (χ3v) is 3.64. The van der Waals surface area contributed by atoms with Crippen molar-refractivity contribution < 1.29 is 18.3 Å². The van der Waals surface area contributed by atoms with E-state index in [1.807, 2.05) is 0 Å². The number of hydrogen-bond acceptors (Lipinski definition) is 3. The standard InChI is InChI=1S/C10H12ClNO4S/c1-3-12(17(2,15)16)9-6-7(11)4-5-8(9)10(13)14/h4-6H,3H2,1-2H3,(H,13,14). The summed E-state index contributed by atoms with van der Waals surface area (Å²) in [6.07, 6.45) is 1.02. The van der Waals surface area contributed by atoms with Gasteiger partial charge in [-0.15, -0.1) is 0 Å². The van der Waals surface area contributed by atoms with E-state index in [1.54, 1.807) is 6.92 Å². The van der Waals surface area contributed by atoms with Crippen LogP contribution in [-0.2, 0) is 10.0 Å². The summed E-state index contributed by atoms with van der Waals surface area (Å²) in [5, 5.41) is 9.29. The van der Waals surface area contributed by atoms with Gasteiger partial charge in [-0.25, -0.2) is 13.2 Å². The first-order valence-corrected chi connectivity index (χ1v) is 7.00. The molecule has 7 heteroatoms. The Labute approximate surface area is 105 Å². The predicted octanol–water partition coefficient (Wildman–Crippen LogP) is 1.82. The van der Waals surface area contributed by atoms with Crippen LogP contribution in [0.1, 0.15) is 17.3 Å². The Morgan fingerprint density at radius 3 is 2.47 bits per heavy atom. The first-order chi connectivity index (χ1) is 7.77. The average molecular weight is 278 g/mol. The van der Waals surface area contributed by atoms with Gasteiger partial charge >= 0.3 is 5.97 Å². The van der Waals surface area contributed by atoms with Gasteiger partial charge in [-0.2, -0.15) is 0 Å². The third-order valence-electron chi connectivity index (χ3n) is 2.15. The van der Waals surface area contributed by atoms with Crippen LogP contribution in [0.5, 0.6) is 0 Å². The summed E-state index contributed by atoms with van der Waals surface area (Å²) >= 11 is 5.76. The molecule has 1 aromatic carbocycles. The second-order valence-corrected chi connectivity index (χ2v) is 5.74. The van der Waals surface area contributed by atoms with Crippen molar-refractivity contribution in [2.75, 3.05) is 17.1 Å². The van der Waals surface area contributed by atoms with Gasteiger partial charge < -0.3 is 5.11 Å². The molecule has 0 atom stereocenters. The molecular weight excluding hydrogens is 266 g/mol. The minimum atomic E-state index is -3.53. The van der Waals surface area contributed by atoms with E-state index < -0.39 is 16.0 Å². The van der Waals surface area contributed by atoms with E-state index in [0.717, 1.165) is 10.6 Å². The lowest BCUT2D eigenvalue weighted by atomic mass is 10.2. The summed E-state index contributed by atoms with van der Waals surface area (Å²) in [6, 6.07) is 4.02. The van der Waals surface area contributed by atoms with E-state index in [-0.39, 0.29) is 22.8 Å². The molecule has 0 aliphatic carbocycles. The van der Waals surface area contributed by atoms with Gasteiger partial charge in [-0.05, 0) is 25.1 Å². The summed E-state index contributed by atoms with van der Waals surface area (Å²) in [5.74, 6) is -1.20. The fourth-order valence-electron chi connectivity index (χ4n) is 1.48. The third kappa shape index (κ3) is 3.10. The predicted molar refractivity (Wildman–Crippen MR) is 66.3 cm³/mol. The summed E-state index contributed by atoms with van der Waals surface area (Å²) in [6.45, 7) is 1.76. The van der Waals surface area contributed by atoms with Crippen LogP contribution in [0.3, 0.4) is 0 Å². The Morgan fingerprint density at radius 1 is 1.47 bits per heavy atom. The number of sulfonamides is 1. The van der Waals surface area contributed by atoms with Gasteiger partial charge in [-0.1, -0.05) is 11.6 Å². The van der Waals surface area contributed by atoms with E-state index in [4.69, 9.17) is 16.7 Å². The van der Waals surface area contributed by atoms with E-state index in [1.165, 1.54) is 18.2 Å². The first-order valence-electron chi connectivity index (χ1n) is 4.78. The van der Waals surface area contributed by atoms with E-state index in [0.29, 0.717) is 0 Å². The van der Waals surface area contributed by atoms with Crippen LogP contribution in [-0.4, -0.2) is 32.3 Å². The summed E-state index contributed by atoms with van der Waals surface area (Å²) in [4.78, 5) is 11.0. The van der Waals surface area contributed by atoms with Crippen molar-refractivity contribution in [1.29, 1.82) is 0 Å². The lowest BCUT2D eigenvalue weighted by Crippen LogP contribution is -2.30. The molecule has 0 aliphatic heterocycles. The largest absolute Gasteiger partial charge is 0.478 e. The Hall–Kier alpha value is -1.27. The van der Waals surface area contributed by atoms with Crippen LogP contribution in [0.2, 0.25) is 5.02 Å². The molecule has 0 bridgehead atoms. The molecule has 0 aliphatic rings. The molecule has 0 unspecified atom stereocenters. The lowest BCUT2D eigenvalue weighted by Gasteiger charge is -2.22. The molecule has 17 heavy (non-hydrogen) atoms. The molecular formula is C10H12ClNO4S. The molecule has 0 fully saturated rings. The lowest BCUT2D eigenvalue weighted by molar-refractivity contribution is 0.0698. The molecule has 0 heterocycles. The van der Waals surface area contributed by atoms with Crippen LogP contribution in [0.15, 0.2) is 18.2 Å². The normalized spacial score (nSPS) is 11.2. The monoisotopic (exact) mass is 277 g/mol. The van der Waals surface area contributed by atoms with E-state index >= 15 is 0 Å². The van der Waals surface area contributed by atoms with Gasteiger partial charge in [0.15, 0.2) is 0 Å². The van der Waals surface area contributed by atoms with Gasteiger partial charge in [0.05, 0.1) is 17.5 Å². The first kappa shape index (κ1) is 13.8. The van der Waals surface area contributed by atoms with Gasteiger partial charge in [0, 0.05) is 11.6 Å². The molecule has 0 saturated carbocycles. The molecule has 1 N–H and O–H groups in total. The fraction of sp³-hybridized carbons (Fsp3) is 0.300. The van der Waals surface area contributed by atoms with Crippen LogP contribution in [0.25, 0.3) is 0 Å². The highest BCUT2D eigenvalue weighted by molar-refractivity contribution is 7.92. The van der Waals surface area contributed by atoms with Crippen molar-refractivity contribution in [3.8, 4) is 0 Å². The molecule has 1 rings (SSSR count). The van der Waals surface area contributed by atoms with Crippen molar-refractivity contribution in [3.05, 3.63) is 28.8 Å². The molecule has 94 valence electrons.